The summed E-state index contributed by atoms with van der Waals surface area (Å²) in [5.41, 5.74) is -0.276. The van der Waals surface area contributed by atoms with Gasteiger partial charge in [0.2, 0.25) is 0 Å². The van der Waals surface area contributed by atoms with Gasteiger partial charge in [0.25, 0.3) is 0 Å². The summed E-state index contributed by atoms with van der Waals surface area (Å²) in [7, 11) is 1.79. The van der Waals surface area contributed by atoms with Gasteiger partial charge in [0, 0.05) is 19.6 Å². The molecule has 0 saturated heterocycles. The van der Waals surface area contributed by atoms with Crippen molar-refractivity contribution in [3.8, 4) is 0 Å². The van der Waals surface area contributed by atoms with Gasteiger partial charge in [-0.1, -0.05) is 33.6 Å². The van der Waals surface area contributed by atoms with Gasteiger partial charge in [0.15, 0.2) is 0 Å². The zero-order valence-electron chi connectivity index (χ0n) is 13.1. The van der Waals surface area contributed by atoms with Crippen LogP contribution in [0.2, 0.25) is 0 Å². The van der Waals surface area contributed by atoms with Crippen molar-refractivity contribution in [2.45, 2.75) is 58.9 Å². The Bertz CT molecular complexity index is 344. The number of hydrogen-bond donors (Lipinski definition) is 2. The highest BCUT2D eigenvalue weighted by Gasteiger charge is 2.30. The average Bonchev–Trinajstić information content (AvgIpc) is 2.78. The fourth-order valence-electron chi connectivity index (χ4n) is 2.67. The summed E-state index contributed by atoms with van der Waals surface area (Å²) < 4.78 is 0. The second kappa shape index (κ2) is 6.95. The molecule has 0 heterocycles. The molecular weight excluding hydrogens is 256 g/mol. The lowest BCUT2D eigenvalue weighted by Gasteiger charge is -2.32. The van der Waals surface area contributed by atoms with Gasteiger partial charge < -0.3 is 15.3 Å². The number of hydrogen-bond acceptors (Lipinski definition) is 2. The molecule has 1 aliphatic rings. The third-order valence-electron chi connectivity index (χ3n) is 4.08. The summed E-state index contributed by atoms with van der Waals surface area (Å²) >= 11 is 0. The van der Waals surface area contributed by atoms with Gasteiger partial charge in [-0.2, -0.15) is 0 Å². The maximum atomic E-state index is 12.2. The molecule has 0 radical (unpaired) electrons. The van der Waals surface area contributed by atoms with Crippen LogP contribution in [-0.2, 0) is 4.79 Å². The third-order valence-corrected chi connectivity index (χ3v) is 4.08. The SMILES string of the molecule is CN(CC1CCCC1)C(=O)NC(CC(=O)O)C(C)(C)C. The lowest BCUT2D eigenvalue weighted by Crippen LogP contribution is -2.50. The van der Waals surface area contributed by atoms with Crippen LogP contribution in [0.4, 0.5) is 4.79 Å². The van der Waals surface area contributed by atoms with Crippen molar-refractivity contribution in [3.63, 3.8) is 0 Å². The van der Waals surface area contributed by atoms with Crippen molar-refractivity contribution in [2.24, 2.45) is 11.3 Å². The number of carbonyl (C=O) groups is 2. The van der Waals surface area contributed by atoms with Gasteiger partial charge in [-0.15, -0.1) is 0 Å². The van der Waals surface area contributed by atoms with Crippen molar-refractivity contribution in [3.05, 3.63) is 0 Å². The van der Waals surface area contributed by atoms with Crippen molar-refractivity contribution < 1.29 is 14.7 Å². The van der Waals surface area contributed by atoms with E-state index in [0.29, 0.717) is 5.92 Å². The number of urea groups is 1. The van der Waals surface area contributed by atoms with Crippen LogP contribution in [0.15, 0.2) is 0 Å². The molecule has 1 rings (SSSR count). The smallest absolute Gasteiger partial charge is 0.317 e. The van der Waals surface area contributed by atoms with E-state index in [2.05, 4.69) is 5.32 Å². The summed E-state index contributed by atoms with van der Waals surface area (Å²) in [6.45, 7) is 6.59. The summed E-state index contributed by atoms with van der Waals surface area (Å²) in [4.78, 5) is 24.8. The molecule has 0 bridgehead atoms. The van der Waals surface area contributed by atoms with Crippen LogP contribution in [0.1, 0.15) is 52.9 Å². The van der Waals surface area contributed by atoms with E-state index in [1.54, 1.807) is 11.9 Å². The Morgan fingerprint density at radius 2 is 1.85 bits per heavy atom. The lowest BCUT2D eigenvalue weighted by atomic mass is 9.85. The zero-order valence-corrected chi connectivity index (χ0v) is 13.1. The first-order chi connectivity index (χ1) is 9.20. The number of carbonyl (C=O) groups excluding carboxylic acids is 1. The molecule has 0 aromatic rings. The van der Waals surface area contributed by atoms with Crippen LogP contribution in [0.5, 0.6) is 0 Å². The number of aliphatic carboxylic acids is 1. The van der Waals surface area contributed by atoms with E-state index in [1.165, 1.54) is 25.7 Å². The Morgan fingerprint density at radius 1 is 1.30 bits per heavy atom. The molecule has 1 saturated carbocycles. The van der Waals surface area contributed by atoms with Crippen LogP contribution in [0, 0.1) is 11.3 Å². The standard InChI is InChI=1S/C15H28N2O3/c1-15(2,3)12(9-13(18)19)16-14(20)17(4)10-11-7-5-6-8-11/h11-12H,5-10H2,1-4H3,(H,16,20)(H,18,19). The molecule has 0 aromatic carbocycles. The molecule has 0 aromatic heterocycles. The second-order valence-electron chi connectivity index (χ2n) is 7.00. The van der Waals surface area contributed by atoms with E-state index >= 15 is 0 Å². The lowest BCUT2D eigenvalue weighted by molar-refractivity contribution is -0.138. The molecule has 1 aliphatic carbocycles. The largest absolute Gasteiger partial charge is 0.481 e. The van der Waals surface area contributed by atoms with Gasteiger partial charge in [-0.05, 0) is 24.2 Å². The van der Waals surface area contributed by atoms with E-state index in [0.717, 1.165) is 6.54 Å². The van der Waals surface area contributed by atoms with Crippen LogP contribution >= 0.6 is 0 Å². The van der Waals surface area contributed by atoms with Crippen molar-refractivity contribution >= 4 is 12.0 Å². The number of carboxylic acids is 1. The van der Waals surface area contributed by atoms with Gasteiger partial charge in [0.1, 0.15) is 0 Å². The number of amides is 2. The molecule has 2 N–H and O–H groups in total. The Morgan fingerprint density at radius 3 is 2.30 bits per heavy atom. The second-order valence-corrected chi connectivity index (χ2v) is 7.00. The quantitative estimate of drug-likeness (QED) is 0.815. The topological polar surface area (TPSA) is 69.6 Å². The van der Waals surface area contributed by atoms with Gasteiger partial charge >= 0.3 is 12.0 Å². The van der Waals surface area contributed by atoms with Crippen molar-refractivity contribution in [1.82, 2.24) is 10.2 Å². The monoisotopic (exact) mass is 284 g/mol. The molecule has 5 heteroatoms. The molecule has 0 spiro atoms. The predicted octanol–water partition coefficient (Wildman–Crippen LogP) is 2.71. The highest BCUT2D eigenvalue weighted by Crippen LogP contribution is 2.25. The third kappa shape index (κ3) is 5.39. The molecular formula is C15H28N2O3. The number of rotatable bonds is 5. The summed E-state index contributed by atoms with van der Waals surface area (Å²) in [5.74, 6) is -0.290. The van der Waals surface area contributed by atoms with Gasteiger partial charge in [-0.25, -0.2) is 4.79 Å². The normalized spacial score (nSPS) is 17.8. The van der Waals surface area contributed by atoms with Crippen LogP contribution in [0.3, 0.4) is 0 Å². The first kappa shape index (κ1) is 16.8. The highest BCUT2D eigenvalue weighted by molar-refractivity contribution is 5.75. The summed E-state index contributed by atoms with van der Waals surface area (Å²) in [6, 6.07) is -0.531. The Labute approximate surface area is 121 Å². The van der Waals surface area contributed by atoms with Gasteiger partial charge in [-0.3, -0.25) is 4.79 Å². The van der Waals surface area contributed by atoms with Crippen molar-refractivity contribution in [1.29, 1.82) is 0 Å². The molecule has 2 amide bonds. The minimum Gasteiger partial charge on any atom is -0.481 e. The fourth-order valence-corrected chi connectivity index (χ4v) is 2.67. The first-order valence-corrected chi connectivity index (χ1v) is 7.43. The maximum Gasteiger partial charge on any atom is 0.317 e. The summed E-state index contributed by atoms with van der Waals surface area (Å²) in [5, 5.41) is 11.8. The van der Waals surface area contributed by atoms with Crippen LogP contribution in [0.25, 0.3) is 0 Å². The van der Waals surface area contributed by atoms with Gasteiger partial charge in [0.05, 0.1) is 6.42 Å². The summed E-state index contributed by atoms with van der Waals surface area (Å²) in [6.07, 6.45) is 4.84. The maximum absolute atomic E-state index is 12.2. The first-order valence-electron chi connectivity index (χ1n) is 7.43. The van der Waals surface area contributed by atoms with Crippen LogP contribution in [-0.4, -0.2) is 41.6 Å². The molecule has 20 heavy (non-hydrogen) atoms. The number of carboxylic acid groups (broad SMARTS) is 1. The average molecular weight is 284 g/mol. The van der Waals surface area contributed by atoms with Crippen LogP contribution < -0.4 is 5.32 Å². The van der Waals surface area contributed by atoms with E-state index in [-0.39, 0.29) is 23.9 Å². The van der Waals surface area contributed by atoms with E-state index in [9.17, 15) is 9.59 Å². The number of nitrogens with zero attached hydrogens (tertiary/aromatic N) is 1. The van der Waals surface area contributed by atoms with Crippen molar-refractivity contribution in [2.75, 3.05) is 13.6 Å². The molecule has 0 aliphatic heterocycles. The fraction of sp³-hybridized carbons (Fsp3) is 0.867. The predicted molar refractivity (Wildman–Crippen MR) is 78.6 cm³/mol. The minimum atomic E-state index is -0.885. The molecule has 1 unspecified atom stereocenters. The Kier molecular flexibility index (Phi) is 5.84. The molecule has 5 nitrogen and oxygen atoms in total. The van der Waals surface area contributed by atoms with E-state index < -0.39 is 5.97 Å². The molecule has 1 atom stereocenters. The molecule has 116 valence electrons. The Hall–Kier alpha value is -1.26. The molecule has 1 fully saturated rings. The highest BCUT2D eigenvalue weighted by atomic mass is 16.4. The van der Waals surface area contributed by atoms with E-state index in [1.807, 2.05) is 20.8 Å². The zero-order chi connectivity index (χ0) is 15.3. The van der Waals surface area contributed by atoms with E-state index in [4.69, 9.17) is 5.11 Å². The number of nitrogens with one attached hydrogen (secondary N) is 1. The Balaban J connectivity index is 2.53. The minimum absolute atomic E-state index is 0.0491.